The number of hydrogen-bond acceptors (Lipinski definition) is 5. The van der Waals surface area contributed by atoms with E-state index in [1.165, 1.54) is 24.3 Å². The van der Waals surface area contributed by atoms with Gasteiger partial charge in [0, 0.05) is 11.8 Å². The summed E-state index contributed by atoms with van der Waals surface area (Å²) in [4.78, 5) is 16.5. The molecule has 0 bridgehead atoms. The van der Waals surface area contributed by atoms with Crippen LogP contribution < -0.4 is 10.1 Å². The molecule has 4 aromatic rings. The first-order valence-corrected chi connectivity index (χ1v) is 8.81. The fraction of sp³-hybridized carbons (Fsp3) is 0.0476. The smallest absolute Gasteiger partial charge is 0.251 e. The van der Waals surface area contributed by atoms with Crippen molar-refractivity contribution in [2.45, 2.75) is 6.54 Å². The van der Waals surface area contributed by atoms with Crippen LogP contribution in [-0.2, 0) is 6.54 Å². The van der Waals surface area contributed by atoms with Crippen molar-refractivity contribution in [3.05, 3.63) is 96.3 Å². The Kier molecular flexibility index (Phi) is 5.24. The van der Waals surface area contributed by atoms with E-state index < -0.39 is 0 Å². The monoisotopic (exact) mass is 389 g/mol. The normalized spacial score (nSPS) is 10.5. The first-order valence-electron chi connectivity index (χ1n) is 8.81. The third kappa shape index (κ3) is 4.62. The molecule has 0 aliphatic rings. The second-order valence-corrected chi connectivity index (χ2v) is 6.13. The second kappa shape index (κ2) is 8.30. The van der Waals surface area contributed by atoms with Crippen molar-refractivity contribution in [1.29, 1.82) is 0 Å². The molecule has 0 aliphatic carbocycles. The summed E-state index contributed by atoms with van der Waals surface area (Å²) in [5.74, 6) is 0.346. The molecule has 0 atom stereocenters. The highest BCUT2D eigenvalue weighted by molar-refractivity contribution is 5.94. The molecule has 2 heterocycles. The number of benzene rings is 2. The number of ether oxygens (including phenoxy) is 1. The van der Waals surface area contributed by atoms with Gasteiger partial charge in [0.1, 0.15) is 23.0 Å². The fourth-order valence-electron chi connectivity index (χ4n) is 2.61. The summed E-state index contributed by atoms with van der Waals surface area (Å²) in [5.41, 5.74) is 1.83. The van der Waals surface area contributed by atoms with Crippen molar-refractivity contribution in [3.63, 3.8) is 0 Å². The minimum atomic E-state index is -0.342. The Bertz CT molecular complexity index is 1110. The topological polar surface area (TPSA) is 81.9 Å². The van der Waals surface area contributed by atoms with Gasteiger partial charge < -0.3 is 10.1 Å². The van der Waals surface area contributed by atoms with E-state index in [1.807, 2.05) is 6.07 Å². The predicted molar refractivity (Wildman–Crippen MR) is 103 cm³/mol. The van der Waals surface area contributed by atoms with Crippen LogP contribution in [0.15, 0.2) is 79.3 Å². The standard InChI is InChI=1S/C21H16FN5O2/c22-16-6-8-19(9-7-16)29-20-5-1-3-15(11-20)21(28)24-12-17-14-27(26-25-17)18-4-2-10-23-13-18/h1-11,13-14H,12H2,(H,24,28). The maximum atomic E-state index is 13.0. The van der Waals surface area contributed by atoms with E-state index in [9.17, 15) is 9.18 Å². The quantitative estimate of drug-likeness (QED) is 0.546. The van der Waals surface area contributed by atoms with E-state index in [-0.39, 0.29) is 18.3 Å². The van der Waals surface area contributed by atoms with Crippen LogP contribution in [0.25, 0.3) is 5.69 Å². The molecule has 144 valence electrons. The predicted octanol–water partition coefficient (Wildman–Crippen LogP) is 3.52. The Balaban J connectivity index is 1.39. The Morgan fingerprint density at radius 1 is 1.07 bits per heavy atom. The van der Waals surface area contributed by atoms with E-state index in [0.29, 0.717) is 22.8 Å². The van der Waals surface area contributed by atoms with Gasteiger partial charge in [-0.05, 0) is 54.6 Å². The molecule has 0 unspecified atom stereocenters. The zero-order chi connectivity index (χ0) is 20.1. The third-order valence-corrected chi connectivity index (χ3v) is 4.03. The molecule has 2 aromatic heterocycles. The molecule has 1 amide bonds. The number of halogens is 1. The van der Waals surface area contributed by atoms with Crippen molar-refractivity contribution in [3.8, 4) is 17.2 Å². The first kappa shape index (κ1) is 18.3. The van der Waals surface area contributed by atoms with Gasteiger partial charge in [-0.15, -0.1) is 5.10 Å². The number of pyridine rings is 1. The summed E-state index contributed by atoms with van der Waals surface area (Å²) < 4.78 is 20.2. The van der Waals surface area contributed by atoms with Crippen LogP contribution in [0.5, 0.6) is 11.5 Å². The summed E-state index contributed by atoms with van der Waals surface area (Å²) in [6.45, 7) is 0.224. The Morgan fingerprint density at radius 3 is 2.72 bits per heavy atom. The Labute approximate surface area is 165 Å². The van der Waals surface area contributed by atoms with Crippen molar-refractivity contribution in [2.75, 3.05) is 0 Å². The molecule has 1 N–H and O–H groups in total. The van der Waals surface area contributed by atoms with Crippen LogP contribution in [0.3, 0.4) is 0 Å². The average Bonchev–Trinajstić information content (AvgIpc) is 3.24. The molecular formula is C21H16FN5O2. The van der Waals surface area contributed by atoms with Gasteiger partial charge >= 0.3 is 0 Å². The molecule has 0 spiro atoms. The van der Waals surface area contributed by atoms with Gasteiger partial charge in [0.15, 0.2) is 0 Å². The molecule has 0 aliphatic heterocycles. The third-order valence-electron chi connectivity index (χ3n) is 4.03. The number of amides is 1. The van der Waals surface area contributed by atoms with Gasteiger partial charge in [-0.1, -0.05) is 11.3 Å². The molecule has 0 saturated carbocycles. The molecule has 8 heteroatoms. The van der Waals surface area contributed by atoms with Crippen LogP contribution >= 0.6 is 0 Å². The van der Waals surface area contributed by atoms with Crippen molar-refractivity contribution in [2.24, 2.45) is 0 Å². The Morgan fingerprint density at radius 2 is 1.93 bits per heavy atom. The lowest BCUT2D eigenvalue weighted by molar-refractivity contribution is 0.0950. The summed E-state index contributed by atoms with van der Waals surface area (Å²) in [7, 11) is 0. The van der Waals surface area contributed by atoms with Crippen LogP contribution in [0.1, 0.15) is 16.1 Å². The zero-order valence-electron chi connectivity index (χ0n) is 15.2. The van der Waals surface area contributed by atoms with Crippen LogP contribution in [0.2, 0.25) is 0 Å². The average molecular weight is 389 g/mol. The maximum absolute atomic E-state index is 13.0. The summed E-state index contributed by atoms with van der Waals surface area (Å²) in [5, 5.41) is 10.9. The first-order chi connectivity index (χ1) is 14.2. The summed E-state index contributed by atoms with van der Waals surface area (Å²) >= 11 is 0. The number of rotatable bonds is 6. The maximum Gasteiger partial charge on any atom is 0.251 e. The highest BCUT2D eigenvalue weighted by Crippen LogP contribution is 2.22. The largest absolute Gasteiger partial charge is 0.457 e. The molecule has 4 rings (SSSR count). The second-order valence-electron chi connectivity index (χ2n) is 6.13. The van der Waals surface area contributed by atoms with Gasteiger partial charge in [0.2, 0.25) is 0 Å². The van der Waals surface area contributed by atoms with E-state index in [2.05, 4.69) is 20.6 Å². The van der Waals surface area contributed by atoms with E-state index in [4.69, 9.17) is 4.74 Å². The van der Waals surface area contributed by atoms with Crippen LogP contribution in [-0.4, -0.2) is 25.9 Å². The molecule has 29 heavy (non-hydrogen) atoms. The molecule has 0 saturated heterocycles. The van der Waals surface area contributed by atoms with Gasteiger partial charge in [0.25, 0.3) is 5.91 Å². The summed E-state index contributed by atoms with van der Waals surface area (Å²) in [6.07, 6.45) is 5.07. The molecule has 2 aromatic carbocycles. The van der Waals surface area contributed by atoms with Crippen molar-refractivity contribution in [1.82, 2.24) is 25.3 Å². The lowest BCUT2D eigenvalue weighted by atomic mass is 10.2. The molecular weight excluding hydrogens is 373 g/mol. The van der Waals surface area contributed by atoms with Gasteiger partial charge in [-0.3, -0.25) is 9.78 Å². The minimum absolute atomic E-state index is 0.224. The minimum Gasteiger partial charge on any atom is -0.457 e. The number of aromatic nitrogens is 4. The number of nitrogens with zero attached hydrogens (tertiary/aromatic N) is 4. The van der Waals surface area contributed by atoms with Crippen LogP contribution in [0.4, 0.5) is 4.39 Å². The molecule has 7 nitrogen and oxygen atoms in total. The molecule has 0 fully saturated rings. The lowest BCUT2D eigenvalue weighted by Gasteiger charge is -2.08. The van der Waals surface area contributed by atoms with Gasteiger partial charge in [-0.2, -0.15) is 0 Å². The number of carbonyl (C=O) groups is 1. The van der Waals surface area contributed by atoms with Gasteiger partial charge in [-0.25, -0.2) is 9.07 Å². The number of nitrogens with one attached hydrogen (secondary N) is 1. The number of carbonyl (C=O) groups excluding carboxylic acids is 1. The SMILES string of the molecule is O=C(NCc1cn(-c2cccnc2)nn1)c1cccc(Oc2ccc(F)cc2)c1. The highest BCUT2D eigenvalue weighted by Gasteiger charge is 2.09. The Hall–Kier alpha value is -4.07. The van der Waals surface area contributed by atoms with E-state index in [0.717, 1.165) is 5.69 Å². The summed E-state index contributed by atoms with van der Waals surface area (Å²) in [6, 6.07) is 16.1. The highest BCUT2D eigenvalue weighted by atomic mass is 19.1. The van der Waals surface area contributed by atoms with Crippen LogP contribution in [0, 0.1) is 5.82 Å². The molecule has 0 radical (unpaired) electrons. The fourth-order valence-corrected chi connectivity index (χ4v) is 2.61. The number of hydrogen-bond donors (Lipinski definition) is 1. The van der Waals surface area contributed by atoms with Gasteiger partial charge in [0.05, 0.1) is 24.6 Å². The van der Waals surface area contributed by atoms with E-state index >= 15 is 0 Å². The van der Waals surface area contributed by atoms with Crippen molar-refractivity contribution >= 4 is 5.91 Å². The zero-order valence-corrected chi connectivity index (χ0v) is 15.2. The lowest BCUT2D eigenvalue weighted by Crippen LogP contribution is -2.22. The van der Waals surface area contributed by atoms with E-state index in [1.54, 1.807) is 53.6 Å². The van der Waals surface area contributed by atoms with Crippen molar-refractivity contribution < 1.29 is 13.9 Å².